The number of halogens is 2. The summed E-state index contributed by atoms with van der Waals surface area (Å²) in [6.07, 6.45) is 3.40. The summed E-state index contributed by atoms with van der Waals surface area (Å²) in [5.74, 6) is 0. The Morgan fingerprint density at radius 1 is 1.25 bits per heavy atom. The smallest absolute Gasteiger partial charge is 0.0670 e. The molecule has 2 heterocycles. The van der Waals surface area contributed by atoms with Gasteiger partial charge in [0.15, 0.2) is 0 Å². The lowest BCUT2D eigenvalue weighted by atomic mass is 9.78. The molecule has 2 aliphatic rings. The summed E-state index contributed by atoms with van der Waals surface area (Å²) in [4.78, 5) is 0. The molecule has 3 nitrogen and oxygen atoms in total. The molecule has 0 saturated carbocycles. The average Bonchev–Trinajstić information content (AvgIpc) is 2.19. The fraction of sp³-hybridized carbons (Fsp3) is 1.00. The lowest BCUT2D eigenvalue weighted by molar-refractivity contribution is -0.103. The molecule has 2 aliphatic heterocycles. The first-order chi connectivity index (χ1) is 6.68. The van der Waals surface area contributed by atoms with Crippen LogP contribution in [0.4, 0.5) is 0 Å². The van der Waals surface area contributed by atoms with Gasteiger partial charge in [0.05, 0.1) is 5.60 Å². The Labute approximate surface area is 111 Å². The van der Waals surface area contributed by atoms with Crippen molar-refractivity contribution in [1.82, 2.24) is 10.6 Å². The molecule has 0 radical (unpaired) electrons. The van der Waals surface area contributed by atoms with Crippen molar-refractivity contribution in [2.24, 2.45) is 0 Å². The molecule has 16 heavy (non-hydrogen) atoms. The van der Waals surface area contributed by atoms with E-state index in [0.29, 0.717) is 5.54 Å². The molecule has 0 unspecified atom stereocenters. The zero-order chi connectivity index (χ0) is 10.1. The zero-order valence-corrected chi connectivity index (χ0v) is 11.8. The Morgan fingerprint density at radius 2 is 2.00 bits per heavy atom. The van der Waals surface area contributed by atoms with Crippen molar-refractivity contribution in [3.63, 3.8) is 0 Å². The van der Waals surface area contributed by atoms with Crippen LogP contribution in [0.25, 0.3) is 0 Å². The van der Waals surface area contributed by atoms with Gasteiger partial charge >= 0.3 is 0 Å². The van der Waals surface area contributed by atoms with E-state index in [2.05, 4.69) is 24.5 Å². The predicted molar refractivity (Wildman–Crippen MR) is 72.0 cm³/mol. The standard InChI is InChI=1S/C11H22N2O.2ClH/c1-3-10(2)8-11(4-7-14-10)9-12-5-6-13-11;;/h12-13H,3-9H2,1-2H3;2*1H/t10-,11+;;/m0../s1. The highest BCUT2D eigenvalue weighted by Gasteiger charge is 2.42. The Hall–Kier alpha value is 0.460. The van der Waals surface area contributed by atoms with Crippen molar-refractivity contribution in [2.75, 3.05) is 26.2 Å². The zero-order valence-electron chi connectivity index (χ0n) is 10.2. The maximum absolute atomic E-state index is 5.87. The fourth-order valence-corrected chi connectivity index (χ4v) is 2.68. The number of hydrogen-bond donors (Lipinski definition) is 2. The van der Waals surface area contributed by atoms with Crippen LogP contribution < -0.4 is 10.6 Å². The lowest BCUT2D eigenvalue weighted by Crippen LogP contribution is -2.64. The topological polar surface area (TPSA) is 33.3 Å². The number of ether oxygens (including phenoxy) is 1. The van der Waals surface area contributed by atoms with E-state index >= 15 is 0 Å². The molecule has 98 valence electrons. The third-order valence-corrected chi connectivity index (χ3v) is 3.76. The van der Waals surface area contributed by atoms with Crippen LogP contribution in [-0.4, -0.2) is 37.4 Å². The van der Waals surface area contributed by atoms with E-state index in [1.165, 1.54) is 0 Å². The van der Waals surface area contributed by atoms with E-state index in [1.807, 2.05) is 0 Å². The van der Waals surface area contributed by atoms with Gasteiger partial charge in [0.1, 0.15) is 0 Å². The maximum atomic E-state index is 5.87. The second-order valence-electron chi connectivity index (χ2n) is 4.96. The molecule has 1 spiro atoms. The Bertz CT molecular complexity index is 205. The summed E-state index contributed by atoms with van der Waals surface area (Å²) in [5.41, 5.74) is 0.394. The molecule has 2 rings (SSSR count). The molecule has 0 aromatic carbocycles. The highest BCUT2D eigenvalue weighted by molar-refractivity contribution is 5.85. The summed E-state index contributed by atoms with van der Waals surface area (Å²) in [7, 11) is 0. The minimum atomic E-state index is 0. The first-order valence-electron chi connectivity index (χ1n) is 5.78. The maximum Gasteiger partial charge on any atom is 0.0670 e. The number of nitrogens with one attached hydrogen (secondary N) is 2. The van der Waals surface area contributed by atoms with Crippen molar-refractivity contribution in [2.45, 2.75) is 44.2 Å². The quantitative estimate of drug-likeness (QED) is 0.762. The van der Waals surface area contributed by atoms with Crippen molar-refractivity contribution in [3.05, 3.63) is 0 Å². The summed E-state index contributed by atoms with van der Waals surface area (Å²) in [6, 6.07) is 0. The van der Waals surface area contributed by atoms with Crippen molar-refractivity contribution >= 4 is 24.8 Å². The summed E-state index contributed by atoms with van der Waals surface area (Å²) >= 11 is 0. The van der Waals surface area contributed by atoms with Crippen molar-refractivity contribution in [1.29, 1.82) is 0 Å². The first kappa shape index (κ1) is 16.5. The van der Waals surface area contributed by atoms with Gasteiger partial charge in [-0.1, -0.05) is 6.92 Å². The van der Waals surface area contributed by atoms with Gasteiger partial charge in [-0.25, -0.2) is 0 Å². The molecule has 0 bridgehead atoms. The van der Waals surface area contributed by atoms with Crippen molar-refractivity contribution < 1.29 is 4.74 Å². The van der Waals surface area contributed by atoms with Gasteiger partial charge in [-0.15, -0.1) is 24.8 Å². The normalized spacial score (nSPS) is 38.6. The summed E-state index contributed by atoms with van der Waals surface area (Å²) < 4.78 is 5.87. The number of hydrogen-bond acceptors (Lipinski definition) is 3. The molecular formula is C11H24Cl2N2O. The summed E-state index contributed by atoms with van der Waals surface area (Å²) in [5, 5.41) is 7.17. The van der Waals surface area contributed by atoms with Gasteiger partial charge in [-0.05, 0) is 26.2 Å². The van der Waals surface area contributed by atoms with Crippen LogP contribution in [0.15, 0.2) is 0 Å². The SMILES string of the molecule is CC[C@@]1(C)C[C@]2(CCO1)CNCCN2.Cl.Cl. The van der Waals surface area contributed by atoms with Crippen molar-refractivity contribution in [3.8, 4) is 0 Å². The number of rotatable bonds is 1. The van der Waals surface area contributed by atoms with Crippen LogP contribution in [-0.2, 0) is 4.74 Å². The highest BCUT2D eigenvalue weighted by atomic mass is 35.5. The molecule has 2 fully saturated rings. The molecule has 5 heteroatoms. The lowest BCUT2D eigenvalue weighted by Gasteiger charge is -2.48. The average molecular weight is 271 g/mol. The van der Waals surface area contributed by atoms with Crippen LogP contribution >= 0.6 is 24.8 Å². The Balaban J connectivity index is 0.00000112. The summed E-state index contributed by atoms with van der Waals surface area (Å²) in [6.45, 7) is 8.66. The molecule has 0 aliphatic carbocycles. The molecule has 0 aromatic heterocycles. The third-order valence-electron chi connectivity index (χ3n) is 3.76. The highest BCUT2D eigenvalue weighted by Crippen LogP contribution is 2.34. The van der Waals surface area contributed by atoms with Crippen LogP contribution in [0.1, 0.15) is 33.1 Å². The minimum absolute atomic E-state index is 0. The second kappa shape index (κ2) is 6.41. The van der Waals surface area contributed by atoms with Gasteiger partial charge in [0.2, 0.25) is 0 Å². The molecule has 2 saturated heterocycles. The fourth-order valence-electron chi connectivity index (χ4n) is 2.68. The van der Waals surface area contributed by atoms with E-state index in [9.17, 15) is 0 Å². The van der Waals surface area contributed by atoms with E-state index in [0.717, 1.165) is 45.5 Å². The van der Waals surface area contributed by atoms with Gasteiger partial charge in [0.25, 0.3) is 0 Å². The monoisotopic (exact) mass is 270 g/mol. The second-order valence-corrected chi connectivity index (χ2v) is 4.96. The van der Waals surface area contributed by atoms with E-state index < -0.39 is 0 Å². The Morgan fingerprint density at radius 3 is 2.56 bits per heavy atom. The van der Waals surface area contributed by atoms with E-state index in [4.69, 9.17) is 4.74 Å². The molecule has 0 amide bonds. The Kier molecular flexibility index (Phi) is 6.59. The van der Waals surface area contributed by atoms with Crippen LogP contribution in [0.2, 0.25) is 0 Å². The van der Waals surface area contributed by atoms with Gasteiger partial charge < -0.3 is 15.4 Å². The molecule has 0 aromatic rings. The molecule has 2 N–H and O–H groups in total. The first-order valence-corrected chi connectivity index (χ1v) is 5.78. The van der Waals surface area contributed by atoms with Gasteiger partial charge in [-0.3, -0.25) is 0 Å². The van der Waals surface area contributed by atoms with Gasteiger partial charge in [-0.2, -0.15) is 0 Å². The third kappa shape index (κ3) is 3.47. The largest absolute Gasteiger partial charge is 0.375 e. The van der Waals surface area contributed by atoms with Gasteiger partial charge in [0, 0.05) is 31.8 Å². The van der Waals surface area contributed by atoms with Crippen LogP contribution in [0.3, 0.4) is 0 Å². The number of piperazine rings is 1. The van der Waals surface area contributed by atoms with E-state index in [-0.39, 0.29) is 30.4 Å². The predicted octanol–water partition coefficient (Wildman–Crippen LogP) is 1.74. The van der Waals surface area contributed by atoms with Crippen LogP contribution in [0.5, 0.6) is 0 Å². The molecule has 2 atom stereocenters. The van der Waals surface area contributed by atoms with Crippen LogP contribution in [0, 0.1) is 0 Å². The minimum Gasteiger partial charge on any atom is -0.375 e. The molecular weight excluding hydrogens is 247 g/mol. The van der Waals surface area contributed by atoms with E-state index in [1.54, 1.807) is 0 Å².